The van der Waals surface area contributed by atoms with Crippen LogP contribution in [0.3, 0.4) is 0 Å². The third kappa shape index (κ3) is 9.08. The Morgan fingerprint density at radius 3 is 1.62 bits per heavy atom. The lowest BCUT2D eigenvalue weighted by atomic mass is 10.3. The van der Waals surface area contributed by atoms with Gasteiger partial charge in [0.25, 0.3) is 10.1 Å². The van der Waals surface area contributed by atoms with E-state index in [2.05, 4.69) is 9.80 Å². The molecule has 2 saturated heterocycles. The molecule has 1 aromatic rings. The fraction of sp³-hybridized carbons (Fsp3) is 0.667. The fourth-order valence-electron chi connectivity index (χ4n) is 3.20. The van der Waals surface area contributed by atoms with Crippen molar-refractivity contribution in [1.82, 2.24) is 9.80 Å². The van der Waals surface area contributed by atoms with Crippen LogP contribution in [-0.2, 0) is 29.4 Å². The van der Waals surface area contributed by atoms with Crippen molar-refractivity contribution in [1.29, 1.82) is 0 Å². The highest BCUT2D eigenvalue weighted by atomic mass is 32.2. The first-order valence-electron chi connectivity index (χ1n) is 9.48. The molecule has 2 aliphatic heterocycles. The minimum Gasteiger partial charge on any atom is -0.379 e. The van der Waals surface area contributed by atoms with Gasteiger partial charge in [0.15, 0.2) is 9.84 Å². The van der Waals surface area contributed by atoms with Crippen LogP contribution in [0.15, 0.2) is 35.2 Å². The Morgan fingerprint density at radius 1 is 0.862 bits per heavy atom. The molecule has 0 saturated carbocycles. The molecule has 0 bridgehead atoms. The van der Waals surface area contributed by atoms with E-state index >= 15 is 0 Å². The van der Waals surface area contributed by atoms with Gasteiger partial charge in [0, 0.05) is 39.3 Å². The Kier molecular flexibility index (Phi) is 9.47. The number of hydrogen-bond donors (Lipinski definition) is 1. The second-order valence-electron chi connectivity index (χ2n) is 7.04. The van der Waals surface area contributed by atoms with E-state index in [0.29, 0.717) is 50.7 Å². The van der Waals surface area contributed by atoms with Crippen molar-refractivity contribution in [3.05, 3.63) is 30.3 Å². The van der Waals surface area contributed by atoms with Crippen molar-refractivity contribution < 1.29 is 30.9 Å². The number of sulfone groups is 1. The summed E-state index contributed by atoms with van der Waals surface area (Å²) in [6.45, 7) is 6.99. The molecule has 2 fully saturated rings. The molecule has 3 rings (SSSR count). The maximum absolute atomic E-state index is 13.2. The Bertz CT molecular complexity index is 776. The molecule has 0 spiro atoms. The van der Waals surface area contributed by atoms with Gasteiger partial charge in [-0.2, -0.15) is 8.42 Å². The third-order valence-corrected chi connectivity index (χ3v) is 6.75. The molecule has 0 aliphatic carbocycles. The number of rotatable bonds is 6. The summed E-state index contributed by atoms with van der Waals surface area (Å²) in [6, 6.07) is 8.81. The Morgan fingerprint density at radius 2 is 1.24 bits per heavy atom. The van der Waals surface area contributed by atoms with Gasteiger partial charge in [-0.15, -0.1) is 0 Å². The van der Waals surface area contributed by atoms with Crippen LogP contribution in [-0.4, -0.2) is 108 Å². The minimum atomic E-state index is -3.67. The highest BCUT2D eigenvalue weighted by molar-refractivity contribution is 7.92. The third-order valence-electron chi connectivity index (χ3n) is 4.64. The van der Waals surface area contributed by atoms with Gasteiger partial charge in [-0.05, 0) is 12.1 Å². The molecular weight excluding hydrogens is 420 g/mol. The summed E-state index contributed by atoms with van der Waals surface area (Å²) in [6.07, 6.45) is 0.715. The van der Waals surface area contributed by atoms with Crippen LogP contribution >= 0.6 is 0 Å². The van der Waals surface area contributed by atoms with Crippen LogP contribution in [0.5, 0.6) is 0 Å². The van der Waals surface area contributed by atoms with Crippen molar-refractivity contribution in [2.45, 2.75) is 10.1 Å². The van der Waals surface area contributed by atoms with Crippen molar-refractivity contribution in [2.75, 3.05) is 72.0 Å². The second kappa shape index (κ2) is 11.3. The van der Waals surface area contributed by atoms with Crippen LogP contribution in [0.4, 0.5) is 0 Å². The standard InChI is InChI=1S/C17H26N2O4S.CH4O3S/c20-24(21,16-4-2-1-3-5-16)17(14-18-6-10-22-11-7-18)15-19-8-12-23-13-9-19;1-5(2,3)4/h1-5,17H,6-15H2;1H3,(H,2,3,4). The summed E-state index contributed by atoms with van der Waals surface area (Å²) >= 11 is 0. The average Bonchev–Trinajstić information content (AvgIpc) is 2.68. The van der Waals surface area contributed by atoms with Gasteiger partial charge in [0.2, 0.25) is 0 Å². The van der Waals surface area contributed by atoms with Crippen molar-refractivity contribution in [3.63, 3.8) is 0 Å². The molecule has 0 unspecified atom stereocenters. The summed E-state index contributed by atoms with van der Waals surface area (Å²) in [5.74, 6) is 0. The average molecular weight is 451 g/mol. The first-order chi connectivity index (χ1) is 13.7. The van der Waals surface area contributed by atoms with E-state index in [0.717, 1.165) is 26.2 Å². The summed E-state index contributed by atoms with van der Waals surface area (Å²) in [4.78, 5) is 4.82. The molecule has 1 aromatic carbocycles. The van der Waals surface area contributed by atoms with Gasteiger partial charge in [0.05, 0.1) is 42.8 Å². The maximum atomic E-state index is 13.2. The zero-order valence-electron chi connectivity index (χ0n) is 16.6. The highest BCUT2D eigenvalue weighted by Crippen LogP contribution is 2.19. The van der Waals surface area contributed by atoms with Gasteiger partial charge in [0.1, 0.15) is 0 Å². The summed E-state index contributed by atoms with van der Waals surface area (Å²) in [5, 5.41) is -0.434. The van der Waals surface area contributed by atoms with Crippen molar-refractivity contribution >= 4 is 20.0 Å². The van der Waals surface area contributed by atoms with E-state index in [1.54, 1.807) is 24.3 Å². The zero-order chi connectivity index (χ0) is 21.3. The smallest absolute Gasteiger partial charge is 0.261 e. The van der Waals surface area contributed by atoms with Gasteiger partial charge < -0.3 is 9.47 Å². The molecule has 0 atom stereocenters. The maximum Gasteiger partial charge on any atom is 0.261 e. The molecule has 166 valence electrons. The molecule has 2 heterocycles. The quantitative estimate of drug-likeness (QED) is 0.598. The topological polar surface area (TPSA) is 113 Å². The zero-order valence-corrected chi connectivity index (χ0v) is 18.3. The Labute approximate surface area is 173 Å². The molecule has 2 aliphatic rings. The lowest BCUT2D eigenvalue weighted by Gasteiger charge is -2.34. The number of benzene rings is 1. The van der Waals surface area contributed by atoms with Crippen LogP contribution in [0.1, 0.15) is 0 Å². The summed E-state index contributed by atoms with van der Waals surface area (Å²) in [7, 11) is -7.03. The van der Waals surface area contributed by atoms with E-state index in [-0.39, 0.29) is 0 Å². The first kappa shape index (κ1) is 24.2. The minimum absolute atomic E-state index is 0.413. The normalized spacial score (nSPS) is 19.6. The van der Waals surface area contributed by atoms with Crippen LogP contribution in [0, 0.1) is 0 Å². The lowest BCUT2D eigenvalue weighted by molar-refractivity contribution is 0.0257. The largest absolute Gasteiger partial charge is 0.379 e. The van der Waals surface area contributed by atoms with E-state index in [4.69, 9.17) is 14.0 Å². The van der Waals surface area contributed by atoms with Gasteiger partial charge >= 0.3 is 0 Å². The Hall–Kier alpha value is -1.08. The molecule has 9 nitrogen and oxygen atoms in total. The van der Waals surface area contributed by atoms with E-state index in [1.165, 1.54) is 0 Å². The van der Waals surface area contributed by atoms with Gasteiger partial charge in [-0.1, -0.05) is 18.2 Å². The molecule has 29 heavy (non-hydrogen) atoms. The van der Waals surface area contributed by atoms with Crippen LogP contribution in [0.2, 0.25) is 0 Å². The van der Waals surface area contributed by atoms with Crippen molar-refractivity contribution in [3.8, 4) is 0 Å². The molecule has 0 amide bonds. The first-order valence-corrected chi connectivity index (χ1v) is 12.9. The van der Waals surface area contributed by atoms with E-state index in [9.17, 15) is 16.8 Å². The molecule has 0 radical (unpaired) electrons. The molecular formula is C18H30N2O7S2. The predicted octanol–water partition coefficient (Wildman–Crippen LogP) is -0.00270. The van der Waals surface area contributed by atoms with E-state index < -0.39 is 25.2 Å². The molecule has 11 heteroatoms. The van der Waals surface area contributed by atoms with Crippen LogP contribution in [0.25, 0.3) is 0 Å². The number of morpholine rings is 2. The predicted molar refractivity (Wildman–Crippen MR) is 109 cm³/mol. The van der Waals surface area contributed by atoms with Gasteiger partial charge in [-0.25, -0.2) is 8.42 Å². The van der Waals surface area contributed by atoms with E-state index in [1.807, 2.05) is 6.07 Å². The molecule has 0 aromatic heterocycles. The molecule has 1 N–H and O–H groups in total. The van der Waals surface area contributed by atoms with Gasteiger partial charge in [-0.3, -0.25) is 14.4 Å². The summed E-state index contributed by atoms with van der Waals surface area (Å²) in [5.41, 5.74) is 0. The number of ether oxygens (including phenoxy) is 2. The summed E-state index contributed by atoms with van der Waals surface area (Å²) < 4.78 is 63.0. The lowest BCUT2D eigenvalue weighted by Crippen LogP contribution is -2.49. The fourth-order valence-corrected chi connectivity index (χ4v) is 4.94. The highest BCUT2D eigenvalue weighted by Gasteiger charge is 2.32. The van der Waals surface area contributed by atoms with Crippen LogP contribution < -0.4 is 0 Å². The number of hydrogen-bond acceptors (Lipinski definition) is 8. The number of nitrogens with zero attached hydrogens (tertiary/aromatic N) is 2. The van der Waals surface area contributed by atoms with Crippen molar-refractivity contribution in [2.24, 2.45) is 0 Å². The Balaban J connectivity index is 0.000000537. The SMILES string of the molecule is CS(=O)(=O)O.O=S(=O)(c1ccccc1)C(CN1CCOCC1)CN1CCOCC1. The second-order valence-corrected chi connectivity index (χ2v) is 10.7. The monoisotopic (exact) mass is 450 g/mol.